The Morgan fingerprint density at radius 2 is 1.95 bits per heavy atom. The molecule has 0 radical (unpaired) electrons. The van der Waals surface area contributed by atoms with Gasteiger partial charge in [0.15, 0.2) is 0 Å². The Morgan fingerprint density at radius 3 is 2.60 bits per heavy atom. The van der Waals surface area contributed by atoms with Gasteiger partial charge in [-0.05, 0) is 30.7 Å². The van der Waals surface area contributed by atoms with E-state index in [0.717, 1.165) is 22.5 Å². The van der Waals surface area contributed by atoms with E-state index in [4.69, 9.17) is 11.6 Å². The molecule has 0 aliphatic carbocycles. The third-order valence-corrected chi connectivity index (χ3v) is 3.54. The van der Waals surface area contributed by atoms with Crippen LogP contribution in [0.3, 0.4) is 0 Å². The number of para-hydroxylation sites is 1. The average molecular weight is 291 g/mol. The summed E-state index contributed by atoms with van der Waals surface area (Å²) in [6, 6.07) is 11.6. The van der Waals surface area contributed by atoms with E-state index in [1.54, 1.807) is 0 Å². The van der Waals surface area contributed by atoms with E-state index in [0.29, 0.717) is 17.3 Å². The molecule has 2 N–H and O–H groups in total. The van der Waals surface area contributed by atoms with Crippen LogP contribution in [0.4, 0.5) is 11.4 Å². The number of aryl methyl sites for hydroxylation is 1. The number of nitrogens with one attached hydrogen (secondary N) is 1. The number of benzene rings is 2. The van der Waals surface area contributed by atoms with E-state index in [1.807, 2.05) is 62.3 Å². The number of halogens is 1. The molecule has 0 saturated heterocycles. The van der Waals surface area contributed by atoms with Crippen molar-refractivity contribution in [2.45, 2.75) is 13.5 Å². The molecule has 0 spiro atoms. The van der Waals surface area contributed by atoms with Crippen LogP contribution in [0.15, 0.2) is 36.4 Å². The highest BCUT2D eigenvalue weighted by Gasteiger charge is 2.06. The topological polar surface area (TPSA) is 35.5 Å². The van der Waals surface area contributed by atoms with Crippen molar-refractivity contribution >= 4 is 23.0 Å². The molecule has 0 aliphatic heterocycles. The standard InChI is InChI=1S/C16H19ClN2O/c1-11-5-4-6-12(16(11)20)10-18-13-7-8-15(19(2)3)14(17)9-13/h4-9,18,20H,10H2,1-3H3. The number of hydrogen-bond acceptors (Lipinski definition) is 3. The zero-order valence-electron chi connectivity index (χ0n) is 11.9. The second-order valence-electron chi connectivity index (χ2n) is 5.00. The number of anilines is 2. The van der Waals surface area contributed by atoms with Crippen LogP contribution in [0.2, 0.25) is 5.02 Å². The molecule has 0 bridgehead atoms. The zero-order chi connectivity index (χ0) is 14.7. The van der Waals surface area contributed by atoms with Crippen LogP contribution in [-0.2, 0) is 6.54 Å². The lowest BCUT2D eigenvalue weighted by Gasteiger charge is -2.16. The Kier molecular flexibility index (Phi) is 4.40. The summed E-state index contributed by atoms with van der Waals surface area (Å²) in [7, 11) is 3.91. The Balaban J connectivity index is 2.11. The van der Waals surface area contributed by atoms with E-state index in [1.165, 1.54) is 0 Å². The number of phenolic OH excluding ortho intramolecular Hbond substituents is 1. The molecular weight excluding hydrogens is 272 g/mol. The van der Waals surface area contributed by atoms with Gasteiger partial charge in [-0.15, -0.1) is 0 Å². The third-order valence-electron chi connectivity index (χ3n) is 3.23. The summed E-state index contributed by atoms with van der Waals surface area (Å²) in [5.41, 5.74) is 3.67. The number of rotatable bonds is 4. The number of phenols is 1. The summed E-state index contributed by atoms with van der Waals surface area (Å²) in [6.07, 6.45) is 0. The molecule has 2 aromatic carbocycles. The molecular formula is C16H19ClN2O. The first-order valence-corrected chi connectivity index (χ1v) is 6.85. The van der Waals surface area contributed by atoms with Crippen molar-refractivity contribution in [3.8, 4) is 5.75 Å². The maximum Gasteiger partial charge on any atom is 0.123 e. The first kappa shape index (κ1) is 14.5. The second-order valence-corrected chi connectivity index (χ2v) is 5.40. The van der Waals surface area contributed by atoms with Crippen LogP contribution < -0.4 is 10.2 Å². The summed E-state index contributed by atoms with van der Waals surface area (Å²) in [5.74, 6) is 0.344. The van der Waals surface area contributed by atoms with Crippen LogP contribution in [-0.4, -0.2) is 19.2 Å². The molecule has 0 saturated carbocycles. The lowest BCUT2D eigenvalue weighted by Crippen LogP contribution is -2.09. The minimum atomic E-state index is 0.344. The van der Waals surface area contributed by atoms with Gasteiger partial charge >= 0.3 is 0 Å². The monoisotopic (exact) mass is 290 g/mol. The number of nitrogens with zero attached hydrogens (tertiary/aromatic N) is 1. The highest BCUT2D eigenvalue weighted by molar-refractivity contribution is 6.33. The summed E-state index contributed by atoms with van der Waals surface area (Å²) in [5, 5.41) is 13.9. The van der Waals surface area contributed by atoms with Gasteiger partial charge in [0.1, 0.15) is 5.75 Å². The fourth-order valence-corrected chi connectivity index (χ4v) is 2.39. The maximum absolute atomic E-state index is 9.97. The van der Waals surface area contributed by atoms with Crippen molar-refractivity contribution < 1.29 is 5.11 Å². The first-order chi connectivity index (χ1) is 9.49. The third kappa shape index (κ3) is 3.17. The van der Waals surface area contributed by atoms with E-state index < -0.39 is 0 Å². The molecule has 2 rings (SSSR count). The van der Waals surface area contributed by atoms with Crippen LogP contribution in [0.5, 0.6) is 5.75 Å². The summed E-state index contributed by atoms with van der Waals surface area (Å²) < 4.78 is 0. The average Bonchev–Trinajstić information content (AvgIpc) is 2.40. The van der Waals surface area contributed by atoms with Crippen molar-refractivity contribution in [1.29, 1.82) is 0 Å². The van der Waals surface area contributed by atoms with Crippen molar-refractivity contribution in [3.63, 3.8) is 0 Å². The van der Waals surface area contributed by atoms with Gasteiger partial charge in [0.05, 0.1) is 10.7 Å². The zero-order valence-corrected chi connectivity index (χ0v) is 12.7. The van der Waals surface area contributed by atoms with E-state index in [9.17, 15) is 5.11 Å². The molecule has 0 unspecified atom stereocenters. The van der Waals surface area contributed by atoms with Gasteiger partial charge in [0, 0.05) is 31.9 Å². The summed E-state index contributed by atoms with van der Waals surface area (Å²) in [4.78, 5) is 1.97. The minimum Gasteiger partial charge on any atom is -0.507 e. The number of aromatic hydroxyl groups is 1. The first-order valence-electron chi connectivity index (χ1n) is 6.47. The lowest BCUT2D eigenvalue weighted by atomic mass is 10.1. The van der Waals surface area contributed by atoms with Gasteiger partial charge < -0.3 is 15.3 Å². The molecule has 106 valence electrons. The molecule has 0 atom stereocenters. The van der Waals surface area contributed by atoms with Gasteiger partial charge in [-0.3, -0.25) is 0 Å². The summed E-state index contributed by atoms with van der Waals surface area (Å²) >= 11 is 6.23. The van der Waals surface area contributed by atoms with Gasteiger partial charge in [0.25, 0.3) is 0 Å². The largest absolute Gasteiger partial charge is 0.507 e. The van der Waals surface area contributed by atoms with Crippen LogP contribution in [0.25, 0.3) is 0 Å². The van der Waals surface area contributed by atoms with Crippen LogP contribution in [0.1, 0.15) is 11.1 Å². The van der Waals surface area contributed by atoms with Crippen molar-refractivity contribution in [2.24, 2.45) is 0 Å². The van der Waals surface area contributed by atoms with Crippen molar-refractivity contribution in [3.05, 3.63) is 52.5 Å². The fourth-order valence-electron chi connectivity index (χ4n) is 2.04. The Labute approximate surface area is 124 Å². The predicted molar refractivity (Wildman–Crippen MR) is 85.9 cm³/mol. The second kappa shape index (κ2) is 6.06. The summed E-state index contributed by atoms with van der Waals surface area (Å²) in [6.45, 7) is 2.45. The highest BCUT2D eigenvalue weighted by Crippen LogP contribution is 2.28. The van der Waals surface area contributed by atoms with Gasteiger partial charge in [0.2, 0.25) is 0 Å². The Hall–Kier alpha value is -1.87. The molecule has 2 aromatic rings. The minimum absolute atomic E-state index is 0.344. The molecule has 0 aromatic heterocycles. The Morgan fingerprint density at radius 1 is 1.20 bits per heavy atom. The fraction of sp³-hybridized carbons (Fsp3) is 0.250. The van der Waals surface area contributed by atoms with Gasteiger partial charge in [-0.1, -0.05) is 29.8 Å². The predicted octanol–water partition coefficient (Wildman–Crippen LogP) is 4.03. The smallest absolute Gasteiger partial charge is 0.123 e. The van der Waals surface area contributed by atoms with Crippen LogP contribution in [0, 0.1) is 6.92 Å². The quantitative estimate of drug-likeness (QED) is 0.892. The van der Waals surface area contributed by atoms with E-state index in [2.05, 4.69) is 5.32 Å². The molecule has 4 heteroatoms. The maximum atomic E-state index is 9.97. The van der Waals surface area contributed by atoms with Gasteiger partial charge in [-0.25, -0.2) is 0 Å². The normalized spacial score (nSPS) is 10.4. The van der Waals surface area contributed by atoms with Crippen molar-refractivity contribution in [1.82, 2.24) is 0 Å². The van der Waals surface area contributed by atoms with Gasteiger partial charge in [-0.2, -0.15) is 0 Å². The van der Waals surface area contributed by atoms with E-state index >= 15 is 0 Å². The van der Waals surface area contributed by atoms with E-state index in [-0.39, 0.29) is 0 Å². The number of hydrogen-bond donors (Lipinski definition) is 2. The SMILES string of the molecule is Cc1cccc(CNc2ccc(N(C)C)c(Cl)c2)c1O. The lowest BCUT2D eigenvalue weighted by molar-refractivity contribution is 0.465. The highest BCUT2D eigenvalue weighted by atomic mass is 35.5. The van der Waals surface area contributed by atoms with Crippen molar-refractivity contribution in [2.75, 3.05) is 24.3 Å². The molecule has 0 fully saturated rings. The van der Waals surface area contributed by atoms with Crippen LogP contribution >= 0.6 is 11.6 Å². The molecule has 0 heterocycles. The molecule has 20 heavy (non-hydrogen) atoms. The molecule has 3 nitrogen and oxygen atoms in total. The Bertz CT molecular complexity index is 611. The molecule has 0 aliphatic rings. The molecule has 0 amide bonds.